The summed E-state index contributed by atoms with van der Waals surface area (Å²) >= 11 is 8.21. The first-order chi connectivity index (χ1) is 16.3. The van der Waals surface area contributed by atoms with Crippen molar-refractivity contribution in [3.8, 4) is 0 Å². The van der Waals surface area contributed by atoms with Crippen LogP contribution in [0, 0.1) is 23.2 Å². The second-order valence-electron chi connectivity index (χ2n) is 12.1. The highest BCUT2D eigenvalue weighted by molar-refractivity contribution is 7.99. The molecule has 0 atom stereocenters. The van der Waals surface area contributed by atoms with E-state index < -0.39 is 0 Å². The highest BCUT2D eigenvalue weighted by Gasteiger charge is 2.55. The van der Waals surface area contributed by atoms with Crippen LogP contribution in [0.3, 0.4) is 0 Å². The SMILES string of the molecule is C[N+](C)(CCCN1c2ccccc2Sc2ccc(Cl)cc21)CC(=O)C12CC3CC(CC(C3)C1)C2. The van der Waals surface area contributed by atoms with Gasteiger partial charge < -0.3 is 9.38 Å². The second kappa shape index (κ2) is 8.57. The largest absolute Gasteiger partial charge is 0.339 e. The van der Waals surface area contributed by atoms with E-state index in [1.165, 1.54) is 59.7 Å². The molecule has 34 heavy (non-hydrogen) atoms. The fraction of sp³-hybridized carbons (Fsp3) is 0.552. The third kappa shape index (κ3) is 4.20. The van der Waals surface area contributed by atoms with Gasteiger partial charge in [0, 0.05) is 33.2 Å². The van der Waals surface area contributed by atoms with Gasteiger partial charge in [-0.05, 0) is 86.6 Å². The molecule has 0 saturated heterocycles. The van der Waals surface area contributed by atoms with Crippen molar-refractivity contribution in [3.63, 3.8) is 0 Å². The molecule has 7 rings (SSSR count). The number of carbonyl (C=O) groups is 1. The summed E-state index contributed by atoms with van der Waals surface area (Å²) in [6, 6.07) is 14.9. The first kappa shape index (κ1) is 22.9. The predicted octanol–water partition coefficient (Wildman–Crippen LogP) is 7.19. The summed E-state index contributed by atoms with van der Waals surface area (Å²) in [7, 11) is 4.51. The van der Waals surface area contributed by atoms with E-state index in [-0.39, 0.29) is 5.41 Å². The molecular formula is C29H36ClN2OS+. The van der Waals surface area contributed by atoms with E-state index in [0.717, 1.165) is 46.8 Å². The van der Waals surface area contributed by atoms with E-state index in [1.54, 1.807) is 0 Å². The number of halogens is 1. The summed E-state index contributed by atoms with van der Waals surface area (Å²) in [4.78, 5) is 18.7. The zero-order chi connectivity index (χ0) is 23.5. The summed E-state index contributed by atoms with van der Waals surface area (Å²) in [6.45, 7) is 2.61. The number of carbonyl (C=O) groups excluding carboxylic acids is 1. The van der Waals surface area contributed by atoms with Crippen LogP contribution in [0.4, 0.5) is 11.4 Å². The number of ketones is 1. The van der Waals surface area contributed by atoms with Gasteiger partial charge in [-0.3, -0.25) is 4.79 Å². The lowest BCUT2D eigenvalue weighted by atomic mass is 9.48. The van der Waals surface area contributed by atoms with Crippen molar-refractivity contribution in [2.24, 2.45) is 23.2 Å². The summed E-state index contributed by atoms with van der Waals surface area (Å²) in [6.07, 6.45) is 8.75. The minimum absolute atomic E-state index is 0.0169. The Hall–Kier alpha value is -1.49. The summed E-state index contributed by atoms with van der Waals surface area (Å²) in [5.41, 5.74) is 2.48. The molecule has 4 aliphatic carbocycles. The molecule has 2 aromatic carbocycles. The van der Waals surface area contributed by atoms with Gasteiger partial charge in [0.25, 0.3) is 0 Å². The smallest absolute Gasteiger partial charge is 0.192 e. The first-order valence-electron chi connectivity index (χ1n) is 13.0. The van der Waals surface area contributed by atoms with Crippen LogP contribution in [-0.4, -0.2) is 44.0 Å². The Balaban J connectivity index is 1.13. The number of Topliss-reactive ketones (excluding diaryl/α,β-unsaturated/α-hetero) is 1. The lowest BCUT2D eigenvalue weighted by molar-refractivity contribution is -0.882. The number of likely N-dealkylation sites (N-methyl/N-ethyl adjacent to an activating group) is 1. The molecule has 0 unspecified atom stereocenters. The molecule has 4 saturated carbocycles. The molecule has 4 fully saturated rings. The molecule has 1 aliphatic heterocycles. The van der Waals surface area contributed by atoms with Crippen LogP contribution in [0.5, 0.6) is 0 Å². The molecule has 0 spiro atoms. The van der Waals surface area contributed by atoms with E-state index in [0.29, 0.717) is 12.3 Å². The standard InChI is InChI=1S/C29H36ClN2OS/c1-32(2,19-28(33)29-16-20-12-21(17-29)14-22(13-20)18-29)11-5-10-31-24-6-3-4-7-26(24)34-27-9-8-23(30)15-25(27)31/h3-4,6-9,15,20-22H,5,10-14,16-19H2,1-2H3/q+1. The fourth-order valence-corrected chi connectivity index (χ4v) is 9.03. The van der Waals surface area contributed by atoms with Crippen molar-refractivity contribution < 1.29 is 9.28 Å². The molecule has 4 bridgehead atoms. The number of quaternary nitrogens is 1. The number of anilines is 2. The summed E-state index contributed by atoms with van der Waals surface area (Å²) in [5.74, 6) is 3.05. The van der Waals surface area contributed by atoms with E-state index in [9.17, 15) is 4.79 Å². The molecule has 5 aliphatic rings. The molecule has 180 valence electrons. The number of fused-ring (bicyclic) bond motifs is 2. The average molecular weight is 496 g/mol. The molecule has 5 heteroatoms. The van der Waals surface area contributed by atoms with Gasteiger partial charge in [-0.2, -0.15) is 0 Å². The molecular weight excluding hydrogens is 460 g/mol. The highest BCUT2D eigenvalue weighted by atomic mass is 35.5. The number of hydrogen-bond acceptors (Lipinski definition) is 3. The van der Waals surface area contributed by atoms with E-state index in [2.05, 4.69) is 55.4 Å². The molecule has 0 radical (unpaired) electrons. The number of para-hydroxylation sites is 1. The molecule has 0 amide bonds. The zero-order valence-electron chi connectivity index (χ0n) is 20.4. The van der Waals surface area contributed by atoms with Gasteiger partial charge in [-0.1, -0.05) is 35.5 Å². The van der Waals surface area contributed by atoms with Crippen LogP contribution in [0.15, 0.2) is 52.3 Å². The number of hydrogen-bond donors (Lipinski definition) is 0. The molecule has 0 aromatic heterocycles. The average Bonchev–Trinajstić information content (AvgIpc) is 2.77. The summed E-state index contributed by atoms with van der Waals surface area (Å²) in [5, 5.41) is 0.779. The maximum atomic E-state index is 13.7. The van der Waals surface area contributed by atoms with Gasteiger partial charge in [0.05, 0.1) is 32.0 Å². The van der Waals surface area contributed by atoms with Gasteiger partial charge in [-0.25, -0.2) is 0 Å². The topological polar surface area (TPSA) is 20.3 Å². The second-order valence-corrected chi connectivity index (χ2v) is 13.6. The third-order valence-corrected chi connectivity index (χ3v) is 10.3. The monoisotopic (exact) mass is 495 g/mol. The number of nitrogens with zero attached hydrogens (tertiary/aromatic N) is 2. The molecule has 2 aromatic rings. The van der Waals surface area contributed by atoms with E-state index in [4.69, 9.17) is 11.6 Å². The first-order valence-corrected chi connectivity index (χ1v) is 14.2. The lowest BCUT2D eigenvalue weighted by Gasteiger charge is -2.56. The summed E-state index contributed by atoms with van der Waals surface area (Å²) < 4.78 is 0.785. The van der Waals surface area contributed by atoms with Crippen LogP contribution in [0.1, 0.15) is 44.9 Å². The Morgan fingerprint density at radius 3 is 2.35 bits per heavy atom. The normalized spacial score (nSPS) is 29.1. The number of benzene rings is 2. The Kier molecular flexibility index (Phi) is 5.78. The van der Waals surface area contributed by atoms with Crippen molar-refractivity contribution >= 4 is 40.5 Å². The lowest BCUT2D eigenvalue weighted by Crippen LogP contribution is -2.55. The Bertz CT molecular complexity index is 1080. The number of rotatable bonds is 7. The van der Waals surface area contributed by atoms with Crippen LogP contribution in [0.2, 0.25) is 5.02 Å². The van der Waals surface area contributed by atoms with Gasteiger partial charge in [0.2, 0.25) is 0 Å². The Morgan fingerprint density at radius 2 is 1.65 bits per heavy atom. The zero-order valence-corrected chi connectivity index (χ0v) is 22.0. The minimum atomic E-state index is 0.0169. The van der Waals surface area contributed by atoms with Gasteiger partial charge in [0.1, 0.15) is 6.54 Å². The van der Waals surface area contributed by atoms with Crippen molar-refractivity contribution in [2.45, 2.75) is 54.7 Å². The quantitative estimate of drug-likeness (QED) is 0.379. The molecule has 0 N–H and O–H groups in total. The van der Waals surface area contributed by atoms with E-state index in [1.807, 2.05) is 17.8 Å². The van der Waals surface area contributed by atoms with Crippen LogP contribution < -0.4 is 4.90 Å². The van der Waals surface area contributed by atoms with Crippen LogP contribution in [-0.2, 0) is 4.79 Å². The van der Waals surface area contributed by atoms with Crippen molar-refractivity contribution in [2.75, 3.05) is 38.6 Å². The van der Waals surface area contributed by atoms with Gasteiger partial charge >= 0.3 is 0 Å². The highest BCUT2D eigenvalue weighted by Crippen LogP contribution is 2.60. The maximum absolute atomic E-state index is 13.7. The maximum Gasteiger partial charge on any atom is 0.192 e. The third-order valence-electron chi connectivity index (χ3n) is 8.93. The van der Waals surface area contributed by atoms with Crippen molar-refractivity contribution in [3.05, 3.63) is 47.5 Å². The fourth-order valence-electron chi connectivity index (χ4n) is 7.79. The Labute approximate surface area is 213 Å². The Morgan fingerprint density at radius 1 is 1.00 bits per heavy atom. The van der Waals surface area contributed by atoms with E-state index >= 15 is 0 Å². The van der Waals surface area contributed by atoms with Crippen molar-refractivity contribution in [1.82, 2.24) is 0 Å². The van der Waals surface area contributed by atoms with Crippen LogP contribution >= 0.6 is 23.4 Å². The molecule has 1 heterocycles. The van der Waals surface area contributed by atoms with Crippen molar-refractivity contribution in [1.29, 1.82) is 0 Å². The van der Waals surface area contributed by atoms with Gasteiger partial charge in [0.15, 0.2) is 5.78 Å². The molecule has 3 nitrogen and oxygen atoms in total. The minimum Gasteiger partial charge on any atom is -0.339 e. The van der Waals surface area contributed by atoms with Gasteiger partial charge in [-0.15, -0.1) is 0 Å². The van der Waals surface area contributed by atoms with Crippen LogP contribution in [0.25, 0.3) is 0 Å². The predicted molar refractivity (Wildman–Crippen MR) is 141 cm³/mol.